The highest BCUT2D eigenvalue weighted by Crippen LogP contribution is 2.34. The molecule has 1 aliphatic rings. The minimum Gasteiger partial charge on any atom is -0.361 e. The predicted molar refractivity (Wildman–Crippen MR) is 104 cm³/mol. The van der Waals surface area contributed by atoms with Gasteiger partial charge in [-0.05, 0) is 30.5 Å². The average molecular weight is 402 g/mol. The molecule has 4 nitrogen and oxygen atoms in total. The summed E-state index contributed by atoms with van der Waals surface area (Å²) >= 11 is 0. The van der Waals surface area contributed by atoms with Crippen molar-refractivity contribution in [3.8, 4) is 0 Å². The first kappa shape index (κ1) is 20.6. The molecule has 0 saturated carbocycles. The summed E-state index contributed by atoms with van der Waals surface area (Å²) in [6.45, 7) is 1.78. The number of carbonyl (C=O) groups excluding carboxylic acids is 2. The lowest BCUT2D eigenvalue weighted by Crippen LogP contribution is -2.39. The van der Waals surface area contributed by atoms with Crippen molar-refractivity contribution in [1.82, 2.24) is 10.2 Å². The van der Waals surface area contributed by atoms with Gasteiger partial charge in [-0.15, -0.1) is 0 Å². The van der Waals surface area contributed by atoms with Crippen LogP contribution in [-0.4, -0.2) is 29.3 Å². The fourth-order valence-corrected chi connectivity index (χ4v) is 3.53. The van der Waals surface area contributed by atoms with Gasteiger partial charge < -0.3 is 10.2 Å². The number of nitrogens with one attached hydrogen (secondary N) is 1. The summed E-state index contributed by atoms with van der Waals surface area (Å²) in [5.41, 5.74) is 2.21. The van der Waals surface area contributed by atoms with Crippen molar-refractivity contribution in [2.45, 2.75) is 32.6 Å². The molecule has 1 amide bonds. The largest absolute Gasteiger partial charge is 0.405 e. The van der Waals surface area contributed by atoms with Crippen LogP contribution in [0.5, 0.6) is 0 Å². The number of halogens is 3. The number of allylic oxidation sites excluding steroid dienone is 1. The van der Waals surface area contributed by atoms with Gasteiger partial charge >= 0.3 is 6.18 Å². The van der Waals surface area contributed by atoms with Crippen molar-refractivity contribution in [2.75, 3.05) is 6.54 Å². The van der Waals surface area contributed by atoms with Crippen LogP contribution in [-0.2, 0) is 16.1 Å². The quantitative estimate of drug-likeness (QED) is 0.814. The second kappa shape index (κ2) is 8.11. The number of amides is 1. The second-order valence-electron chi connectivity index (χ2n) is 7.02. The zero-order valence-electron chi connectivity index (χ0n) is 16.1. The molecule has 2 aromatic carbocycles. The Hall–Kier alpha value is -3.09. The van der Waals surface area contributed by atoms with Crippen LogP contribution in [0.1, 0.15) is 36.6 Å². The first-order valence-corrected chi connectivity index (χ1v) is 9.14. The third-order valence-electron chi connectivity index (χ3n) is 4.90. The van der Waals surface area contributed by atoms with Gasteiger partial charge in [0.15, 0.2) is 5.78 Å². The minimum atomic E-state index is -4.40. The van der Waals surface area contributed by atoms with Crippen LogP contribution in [0.15, 0.2) is 60.3 Å². The number of nitrogens with zero attached hydrogens (tertiary/aromatic N) is 1. The molecular formula is C22H21F3N2O2. The number of alkyl halides is 3. The Kier molecular flexibility index (Phi) is 5.77. The van der Waals surface area contributed by atoms with E-state index in [1.54, 1.807) is 54.6 Å². The number of rotatable bonds is 5. The molecule has 2 aromatic rings. The lowest BCUT2D eigenvalue weighted by molar-refractivity contribution is -0.143. The Labute approximate surface area is 167 Å². The maximum absolute atomic E-state index is 13.1. The lowest BCUT2D eigenvalue weighted by atomic mass is 9.92. The smallest absolute Gasteiger partial charge is 0.361 e. The minimum absolute atomic E-state index is 0.0626. The highest BCUT2D eigenvalue weighted by atomic mass is 19.4. The van der Waals surface area contributed by atoms with Gasteiger partial charge in [0.05, 0.1) is 5.57 Å². The summed E-state index contributed by atoms with van der Waals surface area (Å²) in [6.07, 6.45) is -4.40. The molecule has 1 heterocycles. The van der Waals surface area contributed by atoms with Crippen molar-refractivity contribution < 1.29 is 22.8 Å². The van der Waals surface area contributed by atoms with Gasteiger partial charge in [0.1, 0.15) is 12.6 Å². The van der Waals surface area contributed by atoms with Gasteiger partial charge in [0, 0.05) is 12.2 Å². The Morgan fingerprint density at radius 2 is 1.69 bits per heavy atom. The predicted octanol–water partition coefficient (Wildman–Crippen LogP) is 4.24. The molecule has 0 aliphatic carbocycles. The normalized spacial score (nSPS) is 15.0. The van der Waals surface area contributed by atoms with E-state index in [4.69, 9.17) is 0 Å². The topological polar surface area (TPSA) is 49.4 Å². The lowest BCUT2D eigenvalue weighted by Gasteiger charge is -2.34. The molecule has 1 atom stereocenters. The summed E-state index contributed by atoms with van der Waals surface area (Å²) in [4.78, 5) is 26.4. The van der Waals surface area contributed by atoms with Crippen molar-refractivity contribution in [2.24, 2.45) is 0 Å². The van der Waals surface area contributed by atoms with Crippen LogP contribution in [0.25, 0.3) is 5.57 Å². The molecule has 0 unspecified atom stereocenters. The molecule has 3 rings (SSSR count). The number of hydrogen-bond donors (Lipinski definition) is 1. The van der Waals surface area contributed by atoms with E-state index in [0.29, 0.717) is 16.7 Å². The van der Waals surface area contributed by atoms with E-state index < -0.39 is 24.7 Å². The van der Waals surface area contributed by atoms with Crippen molar-refractivity contribution in [3.63, 3.8) is 0 Å². The van der Waals surface area contributed by atoms with Crippen molar-refractivity contribution >= 4 is 17.3 Å². The maximum Gasteiger partial charge on any atom is 0.405 e. The van der Waals surface area contributed by atoms with Crippen LogP contribution in [0, 0.1) is 0 Å². The number of fused-ring (bicyclic) bond motifs is 1. The SMILES string of the molecule is CC(=O)[C@@H](NC(=O)C1=C(C)N(CC(F)(F)F)Cc2ccccc21)c1ccccc1. The van der Waals surface area contributed by atoms with Gasteiger partial charge in [-0.2, -0.15) is 13.2 Å². The van der Waals surface area contributed by atoms with E-state index in [1.807, 2.05) is 0 Å². The first-order valence-electron chi connectivity index (χ1n) is 9.14. The van der Waals surface area contributed by atoms with Crippen LogP contribution in [0.2, 0.25) is 0 Å². The Bertz CT molecular complexity index is 952. The van der Waals surface area contributed by atoms with Crippen LogP contribution in [0.3, 0.4) is 0 Å². The first-order chi connectivity index (χ1) is 13.7. The van der Waals surface area contributed by atoms with E-state index in [0.717, 1.165) is 4.90 Å². The van der Waals surface area contributed by atoms with Crippen LogP contribution in [0.4, 0.5) is 13.2 Å². The van der Waals surface area contributed by atoms with Crippen LogP contribution >= 0.6 is 0 Å². The van der Waals surface area contributed by atoms with Gasteiger partial charge in [-0.3, -0.25) is 9.59 Å². The highest BCUT2D eigenvalue weighted by molar-refractivity contribution is 6.21. The molecular weight excluding hydrogens is 381 g/mol. The monoisotopic (exact) mass is 402 g/mol. The standard InChI is InChI=1S/C22H21F3N2O2/c1-14-19(21(29)26-20(15(2)28)16-8-4-3-5-9-16)18-11-7-6-10-17(18)12-27(14)13-22(23,24)25/h3-11,20H,12-13H2,1-2H3,(H,26,29)/t20-/m1/s1. The van der Waals surface area contributed by atoms with Crippen molar-refractivity contribution in [1.29, 1.82) is 0 Å². The van der Waals surface area contributed by atoms with Crippen LogP contribution < -0.4 is 5.32 Å². The van der Waals surface area contributed by atoms with Gasteiger partial charge in [-0.25, -0.2) is 0 Å². The summed E-state index contributed by atoms with van der Waals surface area (Å²) < 4.78 is 39.1. The van der Waals surface area contributed by atoms with Gasteiger partial charge in [-0.1, -0.05) is 54.6 Å². The van der Waals surface area contributed by atoms with E-state index in [1.165, 1.54) is 13.8 Å². The van der Waals surface area contributed by atoms with E-state index in [9.17, 15) is 22.8 Å². The second-order valence-corrected chi connectivity index (χ2v) is 7.02. The summed E-state index contributed by atoms with van der Waals surface area (Å²) in [5, 5.41) is 2.70. The number of carbonyl (C=O) groups is 2. The Morgan fingerprint density at radius 1 is 1.07 bits per heavy atom. The molecule has 29 heavy (non-hydrogen) atoms. The zero-order chi connectivity index (χ0) is 21.2. The third-order valence-corrected chi connectivity index (χ3v) is 4.90. The van der Waals surface area contributed by atoms with Gasteiger partial charge in [0.25, 0.3) is 5.91 Å². The van der Waals surface area contributed by atoms with E-state index in [2.05, 4.69) is 5.32 Å². The summed E-state index contributed by atoms with van der Waals surface area (Å²) in [5.74, 6) is -0.843. The number of benzene rings is 2. The molecule has 0 bridgehead atoms. The molecule has 0 spiro atoms. The van der Waals surface area contributed by atoms with Crippen molar-refractivity contribution in [3.05, 3.63) is 77.0 Å². The molecule has 0 fully saturated rings. The molecule has 0 radical (unpaired) electrons. The molecule has 7 heteroatoms. The third kappa shape index (κ3) is 4.67. The zero-order valence-corrected chi connectivity index (χ0v) is 16.1. The molecule has 0 aromatic heterocycles. The molecule has 0 saturated heterocycles. The van der Waals surface area contributed by atoms with E-state index in [-0.39, 0.29) is 23.6 Å². The number of Topliss-reactive ketones (excluding diaryl/α,β-unsaturated/α-hetero) is 1. The average Bonchev–Trinajstić information content (AvgIpc) is 2.66. The maximum atomic E-state index is 13.1. The van der Waals surface area contributed by atoms with E-state index >= 15 is 0 Å². The fraction of sp³-hybridized carbons (Fsp3) is 0.273. The molecule has 1 aliphatic heterocycles. The Balaban J connectivity index is 1.99. The summed E-state index contributed by atoms with van der Waals surface area (Å²) in [6, 6.07) is 14.7. The number of ketones is 1. The molecule has 1 N–H and O–H groups in total. The Morgan fingerprint density at radius 3 is 2.31 bits per heavy atom. The molecule has 152 valence electrons. The summed E-state index contributed by atoms with van der Waals surface area (Å²) in [7, 11) is 0. The number of hydrogen-bond acceptors (Lipinski definition) is 3. The fourth-order valence-electron chi connectivity index (χ4n) is 3.53. The van der Waals surface area contributed by atoms with Gasteiger partial charge in [0.2, 0.25) is 0 Å². The highest BCUT2D eigenvalue weighted by Gasteiger charge is 2.35.